The van der Waals surface area contributed by atoms with Gasteiger partial charge in [-0.2, -0.15) is 0 Å². The van der Waals surface area contributed by atoms with E-state index in [0.29, 0.717) is 12.1 Å². The molecule has 1 fully saturated rings. The summed E-state index contributed by atoms with van der Waals surface area (Å²) >= 11 is 0. The van der Waals surface area contributed by atoms with E-state index in [2.05, 4.69) is 43.0 Å². The zero-order chi connectivity index (χ0) is 11.5. The molecule has 0 aromatic heterocycles. The Morgan fingerprint density at radius 1 is 1.25 bits per heavy atom. The largest absolute Gasteiger partial charge is 0.328 e. The van der Waals surface area contributed by atoms with E-state index in [0.717, 1.165) is 25.9 Å². The van der Waals surface area contributed by atoms with Crippen molar-refractivity contribution in [2.75, 3.05) is 13.1 Å². The molecule has 0 radical (unpaired) electrons. The van der Waals surface area contributed by atoms with Crippen LogP contribution in [0.3, 0.4) is 0 Å². The van der Waals surface area contributed by atoms with Crippen LogP contribution in [-0.4, -0.2) is 24.0 Å². The molecule has 1 heterocycles. The fraction of sp³-hybridized carbons (Fsp3) is 0.571. The Balaban J connectivity index is 2.07. The van der Waals surface area contributed by atoms with Crippen LogP contribution in [0.1, 0.15) is 36.9 Å². The van der Waals surface area contributed by atoms with Crippen LogP contribution in [0.2, 0.25) is 0 Å². The lowest BCUT2D eigenvalue weighted by Crippen LogP contribution is -2.40. The monoisotopic (exact) mass is 218 g/mol. The van der Waals surface area contributed by atoms with Crippen LogP contribution in [0.4, 0.5) is 0 Å². The number of likely N-dealkylation sites (tertiary alicyclic amines) is 1. The molecule has 0 aliphatic carbocycles. The minimum atomic E-state index is 0.417. The van der Waals surface area contributed by atoms with Gasteiger partial charge in [0.25, 0.3) is 0 Å². The van der Waals surface area contributed by atoms with Crippen molar-refractivity contribution in [3.05, 3.63) is 35.4 Å². The summed E-state index contributed by atoms with van der Waals surface area (Å²) in [5.74, 6) is 0. The molecule has 1 aromatic rings. The number of piperidine rings is 1. The van der Waals surface area contributed by atoms with Gasteiger partial charge in [-0.1, -0.05) is 24.3 Å². The molecule has 1 saturated heterocycles. The van der Waals surface area contributed by atoms with Crippen LogP contribution in [-0.2, 0) is 0 Å². The maximum atomic E-state index is 5.94. The number of nitrogens with two attached hydrogens (primary N) is 1. The third-order valence-corrected chi connectivity index (χ3v) is 3.76. The molecule has 88 valence electrons. The Morgan fingerprint density at radius 3 is 2.50 bits per heavy atom. The van der Waals surface area contributed by atoms with Gasteiger partial charge in [0.1, 0.15) is 0 Å². The summed E-state index contributed by atoms with van der Waals surface area (Å²) in [4.78, 5) is 2.55. The van der Waals surface area contributed by atoms with E-state index in [1.165, 1.54) is 11.1 Å². The maximum absolute atomic E-state index is 5.94. The first-order chi connectivity index (χ1) is 7.68. The van der Waals surface area contributed by atoms with E-state index in [1.807, 2.05) is 0 Å². The molecule has 1 aliphatic rings. The number of hydrogen-bond acceptors (Lipinski definition) is 2. The van der Waals surface area contributed by atoms with Gasteiger partial charge in [-0.15, -0.1) is 0 Å². The average Bonchev–Trinajstić information content (AvgIpc) is 2.30. The highest BCUT2D eigenvalue weighted by Crippen LogP contribution is 2.25. The highest BCUT2D eigenvalue weighted by atomic mass is 15.2. The van der Waals surface area contributed by atoms with E-state index in [4.69, 9.17) is 5.73 Å². The Labute approximate surface area is 98.4 Å². The van der Waals surface area contributed by atoms with E-state index in [1.54, 1.807) is 0 Å². The molecule has 1 atom stereocenters. The number of nitrogens with zero attached hydrogens (tertiary/aromatic N) is 1. The lowest BCUT2D eigenvalue weighted by Gasteiger charge is -2.35. The van der Waals surface area contributed by atoms with Crippen molar-refractivity contribution in [2.24, 2.45) is 5.73 Å². The first kappa shape index (κ1) is 11.6. The van der Waals surface area contributed by atoms with Crippen LogP contribution in [0.5, 0.6) is 0 Å². The second-order valence-electron chi connectivity index (χ2n) is 4.91. The van der Waals surface area contributed by atoms with Crippen molar-refractivity contribution < 1.29 is 0 Å². The van der Waals surface area contributed by atoms with Crippen molar-refractivity contribution in [3.8, 4) is 0 Å². The fourth-order valence-corrected chi connectivity index (χ4v) is 2.56. The molecule has 0 saturated carbocycles. The summed E-state index contributed by atoms with van der Waals surface area (Å²) < 4.78 is 0. The van der Waals surface area contributed by atoms with E-state index in [9.17, 15) is 0 Å². The summed E-state index contributed by atoms with van der Waals surface area (Å²) in [5.41, 5.74) is 8.79. The Kier molecular flexibility index (Phi) is 3.62. The number of benzene rings is 1. The Morgan fingerprint density at radius 2 is 1.88 bits per heavy atom. The van der Waals surface area contributed by atoms with Crippen molar-refractivity contribution in [3.63, 3.8) is 0 Å². The molecule has 2 rings (SSSR count). The lowest BCUT2D eigenvalue weighted by molar-refractivity contribution is 0.163. The number of rotatable bonds is 2. The topological polar surface area (TPSA) is 29.3 Å². The number of hydrogen-bond donors (Lipinski definition) is 1. The minimum absolute atomic E-state index is 0.417. The standard InChI is InChI=1S/C14H22N2/c1-11-5-3-4-6-14(11)12(2)16-9-7-13(15)8-10-16/h3-6,12-13H,7-10,15H2,1-2H3. The second kappa shape index (κ2) is 4.98. The van der Waals surface area contributed by atoms with Gasteiger partial charge in [-0.05, 0) is 37.8 Å². The molecule has 1 unspecified atom stereocenters. The van der Waals surface area contributed by atoms with Gasteiger partial charge < -0.3 is 5.73 Å². The maximum Gasteiger partial charge on any atom is 0.0322 e. The molecule has 0 amide bonds. The zero-order valence-electron chi connectivity index (χ0n) is 10.3. The molecular weight excluding hydrogens is 196 g/mol. The van der Waals surface area contributed by atoms with E-state index < -0.39 is 0 Å². The summed E-state index contributed by atoms with van der Waals surface area (Å²) in [6.45, 7) is 6.77. The normalized spacial score (nSPS) is 20.9. The predicted octanol–water partition coefficient (Wildman–Crippen LogP) is 2.48. The van der Waals surface area contributed by atoms with Gasteiger partial charge in [0, 0.05) is 25.2 Å². The smallest absolute Gasteiger partial charge is 0.0322 e. The molecule has 16 heavy (non-hydrogen) atoms. The zero-order valence-corrected chi connectivity index (χ0v) is 10.3. The van der Waals surface area contributed by atoms with Gasteiger partial charge in [-0.3, -0.25) is 4.90 Å². The molecule has 2 nitrogen and oxygen atoms in total. The molecule has 1 aromatic carbocycles. The SMILES string of the molecule is Cc1ccccc1C(C)N1CCC(N)CC1. The second-order valence-corrected chi connectivity index (χ2v) is 4.91. The third kappa shape index (κ3) is 2.45. The Hall–Kier alpha value is -0.860. The van der Waals surface area contributed by atoms with Gasteiger partial charge >= 0.3 is 0 Å². The van der Waals surface area contributed by atoms with Crippen molar-refractivity contribution >= 4 is 0 Å². The van der Waals surface area contributed by atoms with Crippen molar-refractivity contribution in [1.82, 2.24) is 4.90 Å². The molecular formula is C14H22N2. The fourth-order valence-electron chi connectivity index (χ4n) is 2.56. The van der Waals surface area contributed by atoms with Crippen LogP contribution < -0.4 is 5.73 Å². The molecule has 0 bridgehead atoms. The molecule has 1 aliphatic heterocycles. The summed E-state index contributed by atoms with van der Waals surface area (Å²) in [6.07, 6.45) is 2.27. The van der Waals surface area contributed by atoms with Crippen LogP contribution >= 0.6 is 0 Å². The predicted molar refractivity (Wildman–Crippen MR) is 68.4 cm³/mol. The highest BCUT2D eigenvalue weighted by Gasteiger charge is 2.22. The van der Waals surface area contributed by atoms with Crippen LogP contribution in [0.25, 0.3) is 0 Å². The van der Waals surface area contributed by atoms with Gasteiger partial charge in [0.2, 0.25) is 0 Å². The first-order valence-electron chi connectivity index (χ1n) is 6.23. The highest BCUT2D eigenvalue weighted by molar-refractivity contribution is 5.28. The van der Waals surface area contributed by atoms with E-state index in [-0.39, 0.29) is 0 Å². The quantitative estimate of drug-likeness (QED) is 0.826. The summed E-state index contributed by atoms with van der Waals surface area (Å²) in [6, 6.07) is 9.62. The molecule has 2 heteroatoms. The minimum Gasteiger partial charge on any atom is -0.328 e. The molecule has 0 spiro atoms. The Bertz CT molecular complexity index is 340. The summed E-state index contributed by atoms with van der Waals surface area (Å²) in [7, 11) is 0. The van der Waals surface area contributed by atoms with Gasteiger partial charge in [0.15, 0.2) is 0 Å². The van der Waals surface area contributed by atoms with Crippen molar-refractivity contribution in [2.45, 2.75) is 38.8 Å². The van der Waals surface area contributed by atoms with Crippen LogP contribution in [0, 0.1) is 6.92 Å². The first-order valence-corrected chi connectivity index (χ1v) is 6.23. The van der Waals surface area contributed by atoms with Gasteiger partial charge in [-0.25, -0.2) is 0 Å². The molecule has 2 N–H and O–H groups in total. The third-order valence-electron chi connectivity index (χ3n) is 3.76. The van der Waals surface area contributed by atoms with E-state index >= 15 is 0 Å². The van der Waals surface area contributed by atoms with Gasteiger partial charge in [0.05, 0.1) is 0 Å². The van der Waals surface area contributed by atoms with Crippen LogP contribution in [0.15, 0.2) is 24.3 Å². The van der Waals surface area contributed by atoms with Crippen molar-refractivity contribution in [1.29, 1.82) is 0 Å². The average molecular weight is 218 g/mol. The summed E-state index contributed by atoms with van der Waals surface area (Å²) in [5, 5.41) is 0. The number of aryl methyl sites for hydroxylation is 1. The lowest BCUT2D eigenvalue weighted by atomic mass is 9.98.